The summed E-state index contributed by atoms with van der Waals surface area (Å²) in [6, 6.07) is 0. The molecule has 2 nitrogen and oxygen atoms in total. The fourth-order valence-corrected chi connectivity index (χ4v) is 6.89. The van der Waals surface area contributed by atoms with Gasteiger partial charge in [-0.1, -0.05) is 31.4 Å². The van der Waals surface area contributed by atoms with Crippen molar-refractivity contribution in [3.63, 3.8) is 0 Å². The Bertz CT molecular complexity index is 587. The SMILES string of the molecule is C#C[C@]1(O)CC[C@H]2[C@@H]3CC=C4CC(O)CC[C@]4(C)[C@H]3CC[C@@]21C. The van der Waals surface area contributed by atoms with Crippen molar-refractivity contribution in [2.24, 2.45) is 28.6 Å². The number of hydrogen-bond donors (Lipinski definition) is 2. The Morgan fingerprint density at radius 1 is 1.13 bits per heavy atom. The first-order valence-corrected chi connectivity index (χ1v) is 9.42. The van der Waals surface area contributed by atoms with Crippen LogP contribution in [0.5, 0.6) is 0 Å². The van der Waals surface area contributed by atoms with Gasteiger partial charge in [-0.25, -0.2) is 0 Å². The third-order valence-electron chi connectivity index (χ3n) is 8.47. The van der Waals surface area contributed by atoms with Gasteiger partial charge in [-0.05, 0) is 74.5 Å². The van der Waals surface area contributed by atoms with Crippen molar-refractivity contribution >= 4 is 0 Å². The fourth-order valence-electron chi connectivity index (χ4n) is 6.89. The van der Waals surface area contributed by atoms with Crippen LogP contribution in [0, 0.1) is 40.9 Å². The summed E-state index contributed by atoms with van der Waals surface area (Å²) in [5, 5.41) is 21.0. The quantitative estimate of drug-likeness (QED) is 0.529. The lowest BCUT2D eigenvalue weighted by Crippen LogP contribution is -2.54. The summed E-state index contributed by atoms with van der Waals surface area (Å²) in [6.45, 7) is 4.68. The van der Waals surface area contributed by atoms with Crippen LogP contribution in [0.15, 0.2) is 11.6 Å². The smallest absolute Gasteiger partial charge is 0.130 e. The highest BCUT2D eigenvalue weighted by Crippen LogP contribution is 2.66. The summed E-state index contributed by atoms with van der Waals surface area (Å²) >= 11 is 0. The Labute approximate surface area is 140 Å². The normalized spacial score (nSPS) is 55.2. The lowest BCUT2D eigenvalue weighted by Gasteiger charge is -2.58. The molecule has 7 atom stereocenters. The third-order valence-corrected chi connectivity index (χ3v) is 8.47. The molecule has 23 heavy (non-hydrogen) atoms. The summed E-state index contributed by atoms with van der Waals surface area (Å²) in [4.78, 5) is 0. The van der Waals surface area contributed by atoms with E-state index in [2.05, 4.69) is 25.8 Å². The first kappa shape index (κ1) is 15.7. The van der Waals surface area contributed by atoms with Gasteiger partial charge in [0.25, 0.3) is 0 Å². The summed E-state index contributed by atoms with van der Waals surface area (Å²) in [6.07, 6.45) is 16.1. The minimum Gasteiger partial charge on any atom is -0.393 e. The van der Waals surface area contributed by atoms with Crippen LogP contribution >= 0.6 is 0 Å². The Kier molecular flexibility index (Phi) is 3.33. The zero-order chi connectivity index (χ0) is 16.5. The molecule has 0 amide bonds. The van der Waals surface area contributed by atoms with Crippen LogP contribution in [0.3, 0.4) is 0 Å². The third kappa shape index (κ3) is 1.90. The van der Waals surface area contributed by atoms with Gasteiger partial charge in [0.1, 0.15) is 5.60 Å². The van der Waals surface area contributed by atoms with Crippen molar-refractivity contribution < 1.29 is 10.2 Å². The molecule has 3 saturated carbocycles. The van der Waals surface area contributed by atoms with Crippen LogP contribution in [0.25, 0.3) is 0 Å². The van der Waals surface area contributed by atoms with E-state index in [0.29, 0.717) is 17.8 Å². The Hall–Kier alpha value is -0.780. The van der Waals surface area contributed by atoms with Gasteiger partial charge >= 0.3 is 0 Å². The number of aliphatic hydroxyl groups excluding tert-OH is 1. The Morgan fingerprint density at radius 3 is 2.61 bits per heavy atom. The topological polar surface area (TPSA) is 40.5 Å². The molecule has 1 unspecified atom stereocenters. The average molecular weight is 314 g/mol. The number of allylic oxidation sites excluding steroid dienone is 1. The molecule has 3 fully saturated rings. The molecule has 126 valence electrons. The first-order chi connectivity index (χ1) is 10.8. The van der Waals surface area contributed by atoms with Crippen molar-refractivity contribution in [3.8, 4) is 12.3 Å². The number of fused-ring (bicyclic) bond motifs is 5. The minimum atomic E-state index is -0.906. The van der Waals surface area contributed by atoms with Crippen molar-refractivity contribution in [3.05, 3.63) is 11.6 Å². The fraction of sp³-hybridized carbons (Fsp3) is 0.810. The second kappa shape index (κ2) is 4.87. The molecule has 0 radical (unpaired) electrons. The lowest BCUT2D eigenvalue weighted by molar-refractivity contribution is -0.0969. The largest absolute Gasteiger partial charge is 0.393 e. The zero-order valence-corrected chi connectivity index (χ0v) is 14.5. The maximum atomic E-state index is 11.0. The van der Waals surface area contributed by atoms with E-state index >= 15 is 0 Å². The van der Waals surface area contributed by atoms with E-state index in [1.165, 1.54) is 12.0 Å². The molecule has 4 aliphatic carbocycles. The molecule has 4 aliphatic rings. The number of terminal acetylenes is 1. The van der Waals surface area contributed by atoms with Crippen LogP contribution in [0.1, 0.15) is 65.2 Å². The minimum absolute atomic E-state index is 0.112. The average Bonchev–Trinajstić information content (AvgIpc) is 2.80. The molecule has 0 aliphatic heterocycles. The summed E-state index contributed by atoms with van der Waals surface area (Å²) in [5.74, 6) is 4.65. The van der Waals surface area contributed by atoms with E-state index < -0.39 is 5.60 Å². The van der Waals surface area contributed by atoms with Crippen LogP contribution in [0.4, 0.5) is 0 Å². The molecule has 0 heterocycles. The van der Waals surface area contributed by atoms with E-state index in [1.54, 1.807) is 0 Å². The number of hydrogen-bond acceptors (Lipinski definition) is 2. The van der Waals surface area contributed by atoms with E-state index in [-0.39, 0.29) is 16.9 Å². The van der Waals surface area contributed by atoms with Gasteiger partial charge in [0.2, 0.25) is 0 Å². The molecule has 2 heteroatoms. The van der Waals surface area contributed by atoms with Gasteiger partial charge < -0.3 is 10.2 Å². The van der Waals surface area contributed by atoms with E-state index in [4.69, 9.17) is 6.42 Å². The summed E-state index contributed by atoms with van der Waals surface area (Å²) < 4.78 is 0. The Morgan fingerprint density at radius 2 is 1.87 bits per heavy atom. The molecule has 0 spiro atoms. The molecule has 0 aromatic carbocycles. The van der Waals surface area contributed by atoms with Crippen molar-refractivity contribution in [2.75, 3.05) is 0 Å². The maximum absolute atomic E-state index is 11.0. The standard InChI is InChI=1S/C21H30O2/c1-4-21(23)12-9-18-16-6-5-14-13-15(22)7-10-19(14,2)17(16)8-11-20(18,21)3/h1,5,15-18,22-23H,6-13H2,2-3H3/t15?,16-,17+,18+,19+,20+,21+/m1/s1. The Balaban J connectivity index is 1.69. The van der Waals surface area contributed by atoms with E-state index in [9.17, 15) is 10.2 Å². The molecule has 0 aromatic heterocycles. The monoisotopic (exact) mass is 314 g/mol. The van der Waals surface area contributed by atoms with Gasteiger partial charge in [-0.15, -0.1) is 6.42 Å². The first-order valence-electron chi connectivity index (χ1n) is 9.42. The molecule has 4 rings (SSSR count). The predicted octanol–water partition coefficient (Wildman–Crippen LogP) is 3.67. The molecule has 2 N–H and O–H groups in total. The molecular formula is C21H30O2. The number of aliphatic hydroxyl groups is 2. The van der Waals surface area contributed by atoms with Crippen LogP contribution < -0.4 is 0 Å². The summed E-state index contributed by atoms with van der Waals surface area (Å²) in [5.41, 5.74) is 0.751. The van der Waals surface area contributed by atoms with Crippen LogP contribution in [-0.2, 0) is 0 Å². The number of rotatable bonds is 0. The zero-order valence-electron chi connectivity index (χ0n) is 14.5. The van der Waals surface area contributed by atoms with Gasteiger partial charge in [0, 0.05) is 5.41 Å². The molecular weight excluding hydrogens is 284 g/mol. The van der Waals surface area contributed by atoms with Gasteiger partial charge in [-0.3, -0.25) is 0 Å². The maximum Gasteiger partial charge on any atom is 0.130 e. The van der Waals surface area contributed by atoms with Crippen LogP contribution in [-0.4, -0.2) is 21.9 Å². The van der Waals surface area contributed by atoms with Crippen molar-refractivity contribution in [2.45, 2.75) is 76.9 Å². The highest BCUT2D eigenvalue weighted by atomic mass is 16.3. The van der Waals surface area contributed by atoms with Gasteiger partial charge in [0.15, 0.2) is 0 Å². The second-order valence-corrected chi connectivity index (χ2v) is 9.16. The highest BCUT2D eigenvalue weighted by molar-refractivity contribution is 5.28. The van der Waals surface area contributed by atoms with Gasteiger partial charge in [-0.2, -0.15) is 0 Å². The van der Waals surface area contributed by atoms with Crippen molar-refractivity contribution in [1.82, 2.24) is 0 Å². The van der Waals surface area contributed by atoms with Crippen LogP contribution in [0.2, 0.25) is 0 Å². The van der Waals surface area contributed by atoms with E-state index in [1.807, 2.05) is 0 Å². The lowest BCUT2D eigenvalue weighted by atomic mass is 9.47. The summed E-state index contributed by atoms with van der Waals surface area (Å²) in [7, 11) is 0. The molecule has 0 aromatic rings. The second-order valence-electron chi connectivity index (χ2n) is 9.16. The molecule has 0 saturated heterocycles. The van der Waals surface area contributed by atoms with Crippen molar-refractivity contribution in [1.29, 1.82) is 0 Å². The van der Waals surface area contributed by atoms with E-state index in [0.717, 1.165) is 44.9 Å². The van der Waals surface area contributed by atoms with Gasteiger partial charge in [0.05, 0.1) is 6.10 Å². The molecule has 0 bridgehead atoms. The highest BCUT2D eigenvalue weighted by Gasteiger charge is 2.63. The predicted molar refractivity (Wildman–Crippen MR) is 91.5 cm³/mol.